The summed E-state index contributed by atoms with van der Waals surface area (Å²) in [7, 11) is 0. The number of alkyl halides is 1. The van der Waals surface area contributed by atoms with Crippen molar-refractivity contribution in [2.24, 2.45) is 0 Å². The van der Waals surface area contributed by atoms with Crippen LogP contribution in [-0.2, 0) is 9.47 Å². The first kappa shape index (κ1) is 14.9. The summed E-state index contributed by atoms with van der Waals surface area (Å²) in [5, 5.41) is 0. The second-order valence-corrected chi connectivity index (χ2v) is 4.94. The topological polar surface area (TPSA) is 18.5 Å². The third-order valence-electron chi connectivity index (χ3n) is 3.35. The van der Waals surface area contributed by atoms with Crippen molar-refractivity contribution >= 4 is 0 Å². The molecule has 102 valence electrons. The molecule has 1 rings (SSSR count). The molecule has 1 aliphatic carbocycles. The second-order valence-electron chi connectivity index (χ2n) is 4.94. The van der Waals surface area contributed by atoms with Gasteiger partial charge in [-0.25, -0.2) is 4.39 Å². The smallest absolute Gasteiger partial charge is 0.129 e. The summed E-state index contributed by atoms with van der Waals surface area (Å²) < 4.78 is 25.1. The molecular weight excluding hydrogens is 219 g/mol. The maximum Gasteiger partial charge on any atom is 0.129 e. The van der Waals surface area contributed by atoms with Crippen molar-refractivity contribution in [2.45, 2.75) is 77.2 Å². The van der Waals surface area contributed by atoms with Gasteiger partial charge in [-0.1, -0.05) is 26.7 Å². The molecule has 1 aliphatic rings. The van der Waals surface area contributed by atoms with E-state index in [9.17, 15) is 4.39 Å². The molecule has 1 saturated carbocycles. The van der Waals surface area contributed by atoms with Gasteiger partial charge in [-0.15, -0.1) is 0 Å². The molecule has 3 heteroatoms. The molecule has 0 heterocycles. The van der Waals surface area contributed by atoms with Gasteiger partial charge in [-0.2, -0.15) is 0 Å². The van der Waals surface area contributed by atoms with E-state index in [4.69, 9.17) is 9.47 Å². The Morgan fingerprint density at radius 3 is 2.24 bits per heavy atom. The van der Waals surface area contributed by atoms with Crippen molar-refractivity contribution in [1.29, 1.82) is 0 Å². The molecule has 1 fully saturated rings. The van der Waals surface area contributed by atoms with Crippen molar-refractivity contribution < 1.29 is 13.9 Å². The average molecular weight is 246 g/mol. The number of hydrogen-bond donors (Lipinski definition) is 0. The van der Waals surface area contributed by atoms with Gasteiger partial charge in [0.1, 0.15) is 6.17 Å². The first-order chi connectivity index (χ1) is 8.27. The quantitative estimate of drug-likeness (QED) is 0.605. The summed E-state index contributed by atoms with van der Waals surface area (Å²) in [6.45, 7) is 5.73. The van der Waals surface area contributed by atoms with Crippen LogP contribution in [0.2, 0.25) is 0 Å². The first-order valence-corrected chi connectivity index (χ1v) is 7.15. The SMILES string of the molecule is CCCCOC1CCC(OCCCC)C(F)C1. The van der Waals surface area contributed by atoms with Gasteiger partial charge in [-0.3, -0.25) is 0 Å². The highest BCUT2D eigenvalue weighted by Crippen LogP contribution is 2.26. The van der Waals surface area contributed by atoms with Crippen LogP contribution in [0.1, 0.15) is 58.8 Å². The molecule has 3 unspecified atom stereocenters. The zero-order chi connectivity index (χ0) is 12.5. The summed E-state index contributed by atoms with van der Waals surface area (Å²) in [5.74, 6) is 0. The highest BCUT2D eigenvalue weighted by molar-refractivity contribution is 4.81. The largest absolute Gasteiger partial charge is 0.378 e. The Labute approximate surface area is 105 Å². The first-order valence-electron chi connectivity index (χ1n) is 7.15. The van der Waals surface area contributed by atoms with E-state index in [1.54, 1.807) is 0 Å². The van der Waals surface area contributed by atoms with Crippen LogP contribution in [0.5, 0.6) is 0 Å². The fourth-order valence-corrected chi connectivity index (χ4v) is 2.16. The highest BCUT2D eigenvalue weighted by Gasteiger charge is 2.31. The molecule has 0 bridgehead atoms. The molecule has 0 aromatic carbocycles. The molecule has 0 aromatic rings. The fraction of sp³-hybridized carbons (Fsp3) is 1.00. The predicted octanol–water partition coefficient (Wildman–Crippen LogP) is 3.88. The maximum atomic E-state index is 13.8. The van der Waals surface area contributed by atoms with Crippen LogP contribution in [0, 0.1) is 0 Å². The average Bonchev–Trinajstić information content (AvgIpc) is 2.32. The van der Waals surface area contributed by atoms with Crippen molar-refractivity contribution in [1.82, 2.24) is 0 Å². The Kier molecular flexibility index (Phi) is 7.78. The van der Waals surface area contributed by atoms with Crippen molar-refractivity contribution in [3.63, 3.8) is 0 Å². The van der Waals surface area contributed by atoms with Gasteiger partial charge in [0.2, 0.25) is 0 Å². The van der Waals surface area contributed by atoms with Crippen LogP contribution in [-0.4, -0.2) is 31.6 Å². The van der Waals surface area contributed by atoms with Gasteiger partial charge in [0.05, 0.1) is 12.2 Å². The van der Waals surface area contributed by atoms with Crippen molar-refractivity contribution in [2.75, 3.05) is 13.2 Å². The Morgan fingerprint density at radius 1 is 1.00 bits per heavy atom. The lowest BCUT2D eigenvalue weighted by atomic mass is 9.93. The van der Waals surface area contributed by atoms with Gasteiger partial charge in [0, 0.05) is 19.6 Å². The van der Waals surface area contributed by atoms with Gasteiger partial charge >= 0.3 is 0 Å². The number of halogens is 1. The van der Waals surface area contributed by atoms with E-state index in [-0.39, 0.29) is 12.2 Å². The molecule has 0 saturated heterocycles. The second kappa shape index (κ2) is 8.87. The fourth-order valence-electron chi connectivity index (χ4n) is 2.16. The van der Waals surface area contributed by atoms with E-state index < -0.39 is 6.17 Å². The summed E-state index contributed by atoms with van der Waals surface area (Å²) in [4.78, 5) is 0. The van der Waals surface area contributed by atoms with Crippen molar-refractivity contribution in [3.8, 4) is 0 Å². The maximum absolute atomic E-state index is 13.8. The van der Waals surface area contributed by atoms with Crippen molar-refractivity contribution in [3.05, 3.63) is 0 Å². The van der Waals surface area contributed by atoms with E-state index in [2.05, 4.69) is 13.8 Å². The van der Waals surface area contributed by atoms with Crippen LogP contribution in [0.15, 0.2) is 0 Å². The minimum Gasteiger partial charge on any atom is -0.378 e. The van der Waals surface area contributed by atoms with Crippen LogP contribution < -0.4 is 0 Å². The zero-order valence-corrected chi connectivity index (χ0v) is 11.3. The zero-order valence-electron chi connectivity index (χ0n) is 11.3. The Hall–Kier alpha value is -0.150. The van der Waals surface area contributed by atoms with Crippen LogP contribution in [0.3, 0.4) is 0 Å². The minimum absolute atomic E-state index is 0.113. The van der Waals surface area contributed by atoms with Crippen LogP contribution in [0.4, 0.5) is 4.39 Å². The molecular formula is C14H27FO2. The lowest BCUT2D eigenvalue weighted by Crippen LogP contribution is -2.36. The summed E-state index contributed by atoms with van der Waals surface area (Å²) in [6.07, 6.45) is 5.69. The van der Waals surface area contributed by atoms with E-state index >= 15 is 0 Å². The number of rotatable bonds is 8. The third-order valence-corrected chi connectivity index (χ3v) is 3.35. The molecule has 2 nitrogen and oxygen atoms in total. The van der Waals surface area contributed by atoms with Gasteiger partial charge in [0.25, 0.3) is 0 Å². The summed E-state index contributed by atoms with van der Waals surface area (Å²) in [5.41, 5.74) is 0. The molecule has 0 aromatic heterocycles. The molecule has 0 amide bonds. The summed E-state index contributed by atoms with van der Waals surface area (Å²) >= 11 is 0. The summed E-state index contributed by atoms with van der Waals surface area (Å²) in [6, 6.07) is 0. The van der Waals surface area contributed by atoms with E-state index in [0.29, 0.717) is 13.0 Å². The van der Waals surface area contributed by atoms with Gasteiger partial charge in [0.15, 0.2) is 0 Å². The van der Waals surface area contributed by atoms with E-state index in [1.165, 1.54) is 0 Å². The standard InChI is InChI=1S/C14H27FO2/c1-3-5-9-16-12-7-8-14(13(15)11-12)17-10-6-4-2/h12-14H,3-11H2,1-2H3. The number of hydrogen-bond acceptors (Lipinski definition) is 2. The van der Waals surface area contributed by atoms with Crippen LogP contribution in [0.25, 0.3) is 0 Å². The molecule has 0 radical (unpaired) electrons. The Balaban J connectivity index is 2.15. The molecule has 0 spiro atoms. The van der Waals surface area contributed by atoms with Crippen LogP contribution >= 0.6 is 0 Å². The molecule has 3 atom stereocenters. The molecule has 17 heavy (non-hydrogen) atoms. The lowest BCUT2D eigenvalue weighted by Gasteiger charge is -2.31. The Bertz CT molecular complexity index is 187. The molecule has 0 N–H and O–H groups in total. The normalized spacial score (nSPS) is 29.5. The predicted molar refractivity (Wildman–Crippen MR) is 68.0 cm³/mol. The lowest BCUT2D eigenvalue weighted by molar-refractivity contribution is -0.0740. The van der Waals surface area contributed by atoms with E-state index in [0.717, 1.165) is 45.1 Å². The minimum atomic E-state index is -0.841. The highest BCUT2D eigenvalue weighted by atomic mass is 19.1. The third kappa shape index (κ3) is 5.82. The Morgan fingerprint density at radius 2 is 1.65 bits per heavy atom. The van der Waals surface area contributed by atoms with Gasteiger partial charge in [-0.05, 0) is 25.7 Å². The van der Waals surface area contributed by atoms with E-state index in [1.807, 2.05) is 0 Å². The molecule has 0 aliphatic heterocycles. The number of unbranched alkanes of at least 4 members (excludes halogenated alkanes) is 2. The van der Waals surface area contributed by atoms with Gasteiger partial charge < -0.3 is 9.47 Å². The number of ether oxygens (including phenoxy) is 2. The monoisotopic (exact) mass is 246 g/mol.